The first-order valence-electron chi connectivity index (χ1n) is 8.00. The highest BCUT2D eigenvalue weighted by molar-refractivity contribution is 7.18. The average molecular weight is 358 g/mol. The van der Waals surface area contributed by atoms with Gasteiger partial charge in [0.1, 0.15) is 10.7 Å². The Morgan fingerprint density at radius 3 is 2.96 bits per heavy atom. The Morgan fingerprint density at radius 2 is 2.12 bits per heavy atom. The molecule has 1 fully saturated rings. The molecule has 0 saturated carbocycles. The van der Waals surface area contributed by atoms with E-state index in [0.717, 1.165) is 41.0 Å². The minimum atomic E-state index is -0.0681. The van der Waals surface area contributed by atoms with Crippen molar-refractivity contribution in [3.05, 3.63) is 58.3 Å². The number of piperidine rings is 1. The number of amides is 1. The molecule has 1 amide bonds. The van der Waals surface area contributed by atoms with Gasteiger partial charge in [0, 0.05) is 17.8 Å². The standard InChI is InChI=1S/C18H16ClN3OS/c19-12-8-9-20-14(11-12)18(23)22-10-4-3-6-15(22)17-21-13-5-1-2-7-16(13)24-17/h1-2,5,7-9,11,15H,3-4,6,10H2. The van der Waals surface area contributed by atoms with Gasteiger partial charge in [-0.2, -0.15) is 0 Å². The van der Waals surface area contributed by atoms with Crippen molar-refractivity contribution in [2.24, 2.45) is 0 Å². The van der Waals surface area contributed by atoms with Crippen molar-refractivity contribution in [3.8, 4) is 0 Å². The molecule has 1 unspecified atom stereocenters. The molecule has 6 heteroatoms. The van der Waals surface area contributed by atoms with Gasteiger partial charge >= 0.3 is 0 Å². The first-order chi connectivity index (χ1) is 11.7. The van der Waals surface area contributed by atoms with E-state index < -0.39 is 0 Å². The minimum absolute atomic E-state index is 0.0180. The van der Waals surface area contributed by atoms with Crippen LogP contribution in [0.15, 0.2) is 42.6 Å². The third-order valence-electron chi connectivity index (χ3n) is 4.30. The van der Waals surface area contributed by atoms with Crippen LogP contribution in [0.3, 0.4) is 0 Å². The van der Waals surface area contributed by atoms with Crippen LogP contribution in [-0.4, -0.2) is 27.3 Å². The number of hydrogen-bond acceptors (Lipinski definition) is 4. The Kier molecular flexibility index (Phi) is 4.21. The Balaban J connectivity index is 1.69. The van der Waals surface area contributed by atoms with Crippen LogP contribution in [0, 0.1) is 0 Å². The molecule has 1 aliphatic rings. The van der Waals surface area contributed by atoms with Crippen LogP contribution in [0.5, 0.6) is 0 Å². The van der Waals surface area contributed by atoms with E-state index in [1.165, 1.54) is 0 Å². The number of fused-ring (bicyclic) bond motifs is 1. The van der Waals surface area contributed by atoms with Gasteiger partial charge in [0.05, 0.1) is 16.3 Å². The van der Waals surface area contributed by atoms with Crippen LogP contribution >= 0.6 is 22.9 Å². The van der Waals surface area contributed by atoms with Gasteiger partial charge in [0.15, 0.2) is 0 Å². The zero-order chi connectivity index (χ0) is 16.5. The van der Waals surface area contributed by atoms with Gasteiger partial charge < -0.3 is 4.90 Å². The second-order valence-electron chi connectivity index (χ2n) is 5.89. The highest BCUT2D eigenvalue weighted by Gasteiger charge is 2.31. The summed E-state index contributed by atoms with van der Waals surface area (Å²) in [5, 5.41) is 1.54. The van der Waals surface area contributed by atoms with Gasteiger partial charge in [-0.3, -0.25) is 9.78 Å². The molecule has 1 atom stereocenters. The van der Waals surface area contributed by atoms with Crippen molar-refractivity contribution in [1.82, 2.24) is 14.9 Å². The van der Waals surface area contributed by atoms with Crippen LogP contribution < -0.4 is 0 Å². The average Bonchev–Trinajstić information content (AvgIpc) is 3.05. The lowest BCUT2D eigenvalue weighted by atomic mass is 10.0. The topological polar surface area (TPSA) is 46.1 Å². The molecule has 1 aliphatic heterocycles. The molecule has 122 valence electrons. The number of para-hydroxylation sites is 1. The third kappa shape index (κ3) is 2.89. The van der Waals surface area contributed by atoms with Crippen LogP contribution in [-0.2, 0) is 0 Å². The summed E-state index contributed by atoms with van der Waals surface area (Å²) in [7, 11) is 0. The molecule has 1 saturated heterocycles. The smallest absolute Gasteiger partial charge is 0.273 e. The summed E-state index contributed by atoms with van der Waals surface area (Å²) in [5.41, 5.74) is 1.40. The Bertz CT molecular complexity index is 862. The first-order valence-corrected chi connectivity index (χ1v) is 9.20. The lowest BCUT2D eigenvalue weighted by Gasteiger charge is -2.34. The SMILES string of the molecule is O=C(c1cc(Cl)ccn1)N1CCCCC1c1nc2ccccc2s1. The van der Waals surface area contributed by atoms with Crippen molar-refractivity contribution in [3.63, 3.8) is 0 Å². The maximum Gasteiger partial charge on any atom is 0.273 e. The van der Waals surface area contributed by atoms with Crippen molar-refractivity contribution in [1.29, 1.82) is 0 Å². The number of aromatic nitrogens is 2. The number of benzene rings is 1. The molecule has 24 heavy (non-hydrogen) atoms. The predicted octanol–water partition coefficient (Wildman–Crippen LogP) is 4.71. The van der Waals surface area contributed by atoms with E-state index in [1.807, 2.05) is 23.1 Å². The lowest BCUT2D eigenvalue weighted by Crippen LogP contribution is -2.38. The van der Waals surface area contributed by atoms with Gasteiger partial charge in [-0.05, 0) is 43.5 Å². The highest BCUT2D eigenvalue weighted by Crippen LogP contribution is 2.36. The summed E-state index contributed by atoms with van der Waals surface area (Å²) in [6, 6.07) is 11.4. The molecule has 0 bridgehead atoms. The summed E-state index contributed by atoms with van der Waals surface area (Å²) in [4.78, 5) is 23.8. The number of carbonyl (C=O) groups excluding carboxylic acids is 1. The fourth-order valence-corrected chi connectivity index (χ4v) is 4.41. The number of carbonyl (C=O) groups is 1. The molecular formula is C18H16ClN3OS. The van der Waals surface area contributed by atoms with E-state index in [2.05, 4.69) is 11.1 Å². The molecule has 0 aliphatic carbocycles. The molecule has 0 radical (unpaired) electrons. The number of rotatable bonds is 2. The molecule has 0 N–H and O–H groups in total. The molecule has 3 heterocycles. The molecule has 4 rings (SSSR count). The zero-order valence-electron chi connectivity index (χ0n) is 13.0. The fourth-order valence-electron chi connectivity index (χ4n) is 3.13. The van der Waals surface area contributed by atoms with Gasteiger partial charge in [0.25, 0.3) is 5.91 Å². The van der Waals surface area contributed by atoms with Gasteiger partial charge in [-0.25, -0.2) is 4.98 Å². The lowest BCUT2D eigenvalue weighted by molar-refractivity contribution is 0.0605. The largest absolute Gasteiger partial charge is 0.328 e. The number of thiazole rings is 1. The van der Waals surface area contributed by atoms with E-state index in [4.69, 9.17) is 16.6 Å². The first kappa shape index (κ1) is 15.5. The molecule has 4 nitrogen and oxygen atoms in total. The van der Waals surface area contributed by atoms with E-state index in [-0.39, 0.29) is 11.9 Å². The fraction of sp³-hybridized carbons (Fsp3) is 0.278. The number of nitrogens with zero attached hydrogens (tertiary/aromatic N) is 3. The van der Waals surface area contributed by atoms with Crippen molar-refractivity contribution < 1.29 is 4.79 Å². The van der Waals surface area contributed by atoms with E-state index in [0.29, 0.717) is 10.7 Å². The number of halogens is 1. The summed E-state index contributed by atoms with van der Waals surface area (Å²) in [6.07, 6.45) is 4.62. The van der Waals surface area contributed by atoms with E-state index in [9.17, 15) is 4.79 Å². The molecule has 0 spiro atoms. The maximum absolute atomic E-state index is 12.9. The molecule has 1 aromatic carbocycles. The van der Waals surface area contributed by atoms with Crippen LogP contribution in [0.1, 0.15) is 40.8 Å². The second kappa shape index (κ2) is 6.49. The number of likely N-dealkylation sites (tertiary alicyclic amines) is 1. The molecular weight excluding hydrogens is 342 g/mol. The van der Waals surface area contributed by atoms with Crippen LogP contribution in [0.2, 0.25) is 5.02 Å². The Morgan fingerprint density at radius 1 is 1.25 bits per heavy atom. The number of hydrogen-bond donors (Lipinski definition) is 0. The number of pyridine rings is 1. The maximum atomic E-state index is 12.9. The zero-order valence-corrected chi connectivity index (χ0v) is 14.6. The summed E-state index contributed by atoms with van der Waals surface area (Å²) >= 11 is 7.69. The molecule has 3 aromatic rings. The predicted molar refractivity (Wildman–Crippen MR) is 96.5 cm³/mol. The van der Waals surface area contributed by atoms with Crippen LogP contribution in [0.4, 0.5) is 0 Å². The third-order valence-corrected chi connectivity index (χ3v) is 5.67. The van der Waals surface area contributed by atoms with Crippen LogP contribution in [0.25, 0.3) is 10.2 Å². The van der Waals surface area contributed by atoms with Gasteiger partial charge in [-0.1, -0.05) is 23.7 Å². The monoisotopic (exact) mass is 357 g/mol. The Labute approximate surface area is 149 Å². The van der Waals surface area contributed by atoms with Gasteiger partial charge in [-0.15, -0.1) is 11.3 Å². The quantitative estimate of drug-likeness (QED) is 0.667. The van der Waals surface area contributed by atoms with Gasteiger partial charge in [0.2, 0.25) is 0 Å². The molecule has 2 aromatic heterocycles. The second-order valence-corrected chi connectivity index (χ2v) is 7.39. The summed E-state index contributed by atoms with van der Waals surface area (Å²) < 4.78 is 1.16. The highest BCUT2D eigenvalue weighted by atomic mass is 35.5. The minimum Gasteiger partial charge on any atom is -0.328 e. The Hall–Kier alpha value is -1.98. The van der Waals surface area contributed by atoms with Crippen molar-refractivity contribution >= 4 is 39.1 Å². The van der Waals surface area contributed by atoms with Crippen molar-refractivity contribution in [2.75, 3.05) is 6.54 Å². The summed E-state index contributed by atoms with van der Waals surface area (Å²) in [5.74, 6) is -0.0681. The van der Waals surface area contributed by atoms with E-state index in [1.54, 1.807) is 29.7 Å². The summed E-state index contributed by atoms with van der Waals surface area (Å²) in [6.45, 7) is 0.730. The van der Waals surface area contributed by atoms with Crippen molar-refractivity contribution in [2.45, 2.75) is 25.3 Å². The normalized spacial score (nSPS) is 18.0. The van der Waals surface area contributed by atoms with E-state index >= 15 is 0 Å².